The van der Waals surface area contributed by atoms with E-state index in [0.717, 1.165) is 11.1 Å². The number of hydrogen-bond donors (Lipinski definition) is 1. The Morgan fingerprint density at radius 2 is 1.59 bits per heavy atom. The molecule has 32 heavy (non-hydrogen) atoms. The van der Waals surface area contributed by atoms with Crippen LogP contribution in [0.4, 0.5) is 5.69 Å². The molecule has 1 aliphatic rings. The topological polar surface area (TPSA) is 83.6 Å². The van der Waals surface area contributed by atoms with Gasteiger partial charge in [0.25, 0.3) is 10.0 Å². The zero-order chi connectivity index (χ0) is 23.1. The highest BCUT2D eigenvalue weighted by Gasteiger charge is 2.28. The van der Waals surface area contributed by atoms with E-state index >= 15 is 0 Å². The minimum atomic E-state index is -3.97. The maximum atomic E-state index is 13.0. The molecule has 0 spiro atoms. The van der Waals surface area contributed by atoms with Gasteiger partial charge < -0.3 is 0 Å². The van der Waals surface area contributed by atoms with E-state index in [4.69, 9.17) is 23.2 Å². The third-order valence-corrected chi connectivity index (χ3v) is 9.43. The van der Waals surface area contributed by atoms with Gasteiger partial charge in [-0.25, -0.2) is 16.8 Å². The van der Waals surface area contributed by atoms with Crippen molar-refractivity contribution < 1.29 is 16.8 Å². The molecule has 0 aromatic heterocycles. The zero-order valence-electron chi connectivity index (χ0n) is 17.0. The molecule has 0 unspecified atom stereocenters. The third kappa shape index (κ3) is 4.51. The van der Waals surface area contributed by atoms with Crippen LogP contribution in [0.3, 0.4) is 0 Å². The molecule has 1 aliphatic heterocycles. The summed E-state index contributed by atoms with van der Waals surface area (Å²) in [6.45, 7) is 2.20. The first-order valence-electron chi connectivity index (χ1n) is 9.73. The van der Waals surface area contributed by atoms with Gasteiger partial charge in [0.15, 0.2) is 0 Å². The second-order valence-corrected chi connectivity index (χ2v) is 11.9. The van der Waals surface area contributed by atoms with Crippen molar-refractivity contribution in [1.29, 1.82) is 0 Å². The average Bonchev–Trinajstić information content (AvgIpc) is 2.76. The van der Waals surface area contributed by atoms with Gasteiger partial charge in [0.2, 0.25) is 10.0 Å². The maximum Gasteiger partial charge on any atom is 0.263 e. The van der Waals surface area contributed by atoms with Crippen LogP contribution in [-0.2, 0) is 33.0 Å². The van der Waals surface area contributed by atoms with Crippen molar-refractivity contribution >= 4 is 48.9 Å². The lowest BCUT2D eigenvalue weighted by atomic mass is 10.0. The molecule has 10 heteroatoms. The van der Waals surface area contributed by atoms with Gasteiger partial charge >= 0.3 is 0 Å². The highest BCUT2D eigenvalue weighted by Crippen LogP contribution is 2.31. The van der Waals surface area contributed by atoms with E-state index in [9.17, 15) is 16.8 Å². The normalized spacial score (nSPS) is 14.7. The number of rotatable bonds is 5. The maximum absolute atomic E-state index is 13.0. The molecule has 168 valence electrons. The Bertz CT molecular complexity index is 1390. The SMILES string of the molecule is Cc1cc(S(=O)(=O)Nc2ccc3c(c2)CN(S(=O)(=O)c2ccccc2)CC3)c(Cl)cc1Cl. The number of nitrogens with one attached hydrogen (secondary N) is 1. The zero-order valence-corrected chi connectivity index (χ0v) is 20.2. The summed E-state index contributed by atoms with van der Waals surface area (Å²) in [5, 5.41) is 0.397. The average molecular weight is 511 g/mol. The number of nitrogens with zero attached hydrogens (tertiary/aromatic N) is 1. The van der Waals surface area contributed by atoms with E-state index in [1.165, 1.54) is 16.4 Å². The van der Waals surface area contributed by atoms with Gasteiger partial charge in [-0.3, -0.25) is 4.72 Å². The lowest BCUT2D eigenvalue weighted by Crippen LogP contribution is -2.36. The Morgan fingerprint density at radius 1 is 0.875 bits per heavy atom. The molecule has 1 heterocycles. The molecule has 0 fully saturated rings. The lowest BCUT2D eigenvalue weighted by Gasteiger charge is -2.28. The van der Waals surface area contributed by atoms with Crippen LogP contribution < -0.4 is 4.72 Å². The van der Waals surface area contributed by atoms with Crippen LogP contribution in [0, 0.1) is 6.92 Å². The first kappa shape index (κ1) is 23.1. The number of sulfonamides is 2. The predicted molar refractivity (Wildman–Crippen MR) is 126 cm³/mol. The third-order valence-electron chi connectivity index (χ3n) is 5.32. The van der Waals surface area contributed by atoms with Crippen LogP contribution in [0.2, 0.25) is 10.0 Å². The number of anilines is 1. The van der Waals surface area contributed by atoms with Gasteiger partial charge in [0.05, 0.1) is 9.92 Å². The van der Waals surface area contributed by atoms with Crippen molar-refractivity contribution in [3.63, 3.8) is 0 Å². The minimum Gasteiger partial charge on any atom is -0.280 e. The second-order valence-electron chi connectivity index (χ2n) is 7.52. The van der Waals surface area contributed by atoms with Crippen molar-refractivity contribution in [3.8, 4) is 0 Å². The fourth-order valence-corrected chi connectivity index (χ4v) is 6.91. The number of hydrogen-bond acceptors (Lipinski definition) is 4. The largest absolute Gasteiger partial charge is 0.280 e. The van der Waals surface area contributed by atoms with Crippen LogP contribution in [-0.4, -0.2) is 27.7 Å². The van der Waals surface area contributed by atoms with Gasteiger partial charge in [0, 0.05) is 23.8 Å². The smallest absolute Gasteiger partial charge is 0.263 e. The van der Waals surface area contributed by atoms with Crippen LogP contribution in [0.15, 0.2) is 70.5 Å². The highest BCUT2D eigenvalue weighted by molar-refractivity contribution is 7.92. The molecule has 0 saturated carbocycles. The van der Waals surface area contributed by atoms with E-state index in [-0.39, 0.29) is 21.4 Å². The van der Waals surface area contributed by atoms with Crippen molar-refractivity contribution in [2.75, 3.05) is 11.3 Å². The molecule has 0 amide bonds. The molecular weight excluding hydrogens is 491 g/mol. The number of fused-ring (bicyclic) bond motifs is 1. The lowest BCUT2D eigenvalue weighted by molar-refractivity contribution is 0.391. The van der Waals surface area contributed by atoms with Crippen LogP contribution in [0.25, 0.3) is 0 Å². The van der Waals surface area contributed by atoms with E-state index in [1.54, 1.807) is 49.4 Å². The monoisotopic (exact) mass is 510 g/mol. The minimum absolute atomic E-state index is 0.0196. The fraction of sp³-hybridized carbons (Fsp3) is 0.182. The van der Waals surface area contributed by atoms with Gasteiger partial charge in [0.1, 0.15) is 4.90 Å². The van der Waals surface area contributed by atoms with Crippen molar-refractivity contribution in [2.24, 2.45) is 0 Å². The highest BCUT2D eigenvalue weighted by atomic mass is 35.5. The van der Waals surface area contributed by atoms with E-state index < -0.39 is 20.0 Å². The first-order valence-corrected chi connectivity index (χ1v) is 13.4. The Balaban J connectivity index is 1.61. The van der Waals surface area contributed by atoms with Crippen LogP contribution in [0.1, 0.15) is 16.7 Å². The number of benzene rings is 3. The van der Waals surface area contributed by atoms with E-state index in [1.807, 2.05) is 6.07 Å². The molecular formula is C22H20Cl2N2O4S2. The predicted octanol–water partition coefficient (Wildman–Crippen LogP) is 4.85. The van der Waals surface area contributed by atoms with Crippen molar-refractivity contribution in [2.45, 2.75) is 29.7 Å². The fourth-order valence-electron chi connectivity index (χ4n) is 3.59. The van der Waals surface area contributed by atoms with Crippen LogP contribution >= 0.6 is 23.2 Å². The molecule has 0 saturated heterocycles. The number of aryl methyl sites for hydroxylation is 1. The van der Waals surface area contributed by atoms with Crippen LogP contribution in [0.5, 0.6) is 0 Å². The molecule has 0 bridgehead atoms. The van der Waals surface area contributed by atoms with E-state index in [0.29, 0.717) is 29.2 Å². The first-order chi connectivity index (χ1) is 15.1. The summed E-state index contributed by atoms with van der Waals surface area (Å²) in [7, 11) is -7.61. The van der Waals surface area contributed by atoms with Crippen molar-refractivity contribution in [3.05, 3.63) is 87.4 Å². The molecule has 6 nitrogen and oxygen atoms in total. The summed E-state index contributed by atoms with van der Waals surface area (Å²) in [5.74, 6) is 0. The summed E-state index contributed by atoms with van der Waals surface area (Å²) in [6.07, 6.45) is 0.538. The summed E-state index contributed by atoms with van der Waals surface area (Å²) in [4.78, 5) is 0.153. The van der Waals surface area contributed by atoms with Gasteiger partial charge in [-0.05, 0) is 66.4 Å². The second kappa shape index (κ2) is 8.68. The molecule has 3 aromatic carbocycles. The standard InChI is InChI=1S/C22H20Cl2N2O4S2/c1-15-11-22(21(24)13-20(15)23)31(27,28)25-18-8-7-16-9-10-26(14-17(16)12-18)32(29,30)19-5-3-2-4-6-19/h2-8,11-13,25H,9-10,14H2,1H3. The molecule has 0 aliphatic carbocycles. The summed E-state index contributed by atoms with van der Waals surface area (Å²) < 4.78 is 55.7. The Labute approximate surface area is 197 Å². The molecule has 0 radical (unpaired) electrons. The van der Waals surface area contributed by atoms with Gasteiger partial charge in [-0.15, -0.1) is 0 Å². The summed E-state index contributed by atoms with van der Waals surface area (Å²) >= 11 is 12.1. The molecule has 0 atom stereocenters. The van der Waals surface area contributed by atoms with E-state index in [2.05, 4.69) is 4.72 Å². The molecule has 3 aromatic rings. The van der Waals surface area contributed by atoms with Gasteiger partial charge in [-0.1, -0.05) is 47.5 Å². The quantitative estimate of drug-likeness (QED) is 0.531. The Kier molecular flexibility index (Phi) is 6.26. The molecule has 4 rings (SSSR count). The Hall–Kier alpha value is -2.10. The number of halogens is 2. The van der Waals surface area contributed by atoms with Gasteiger partial charge in [-0.2, -0.15) is 4.31 Å². The summed E-state index contributed by atoms with van der Waals surface area (Å²) in [6, 6.07) is 16.2. The van der Waals surface area contributed by atoms with Crippen molar-refractivity contribution in [1.82, 2.24) is 4.31 Å². The molecule has 1 N–H and O–H groups in total. The summed E-state index contributed by atoms with van der Waals surface area (Å²) in [5.41, 5.74) is 2.64. The Morgan fingerprint density at radius 3 is 2.31 bits per heavy atom.